The predicted molar refractivity (Wildman–Crippen MR) is 46.6 cm³/mol. The number of hydrogen-bond donors (Lipinski definition) is 1. The van der Waals surface area contributed by atoms with Crippen molar-refractivity contribution in [1.29, 1.82) is 0 Å². The van der Waals surface area contributed by atoms with E-state index in [2.05, 4.69) is 13.5 Å². The third kappa shape index (κ3) is 7.13. The van der Waals surface area contributed by atoms with E-state index in [9.17, 15) is 0 Å². The Labute approximate surface area is 68.2 Å². The summed E-state index contributed by atoms with van der Waals surface area (Å²) in [7, 11) is 0. The fourth-order valence-electron chi connectivity index (χ4n) is 0.620. The average Bonchev–Trinajstić information content (AvgIpc) is 2.04. The minimum absolute atomic E-state index is 0.227. The molecule has 64 valence electrons. The van der Waals surface area contributed by atoms with Crippen LogP contribution in [-0.4, -0.2) is 18.3 Å². The standard InChI is InChI=1S/C9H16O2/c1-3-7-11-8-5-6-9(10)4-2/h4,6,10H,2-3,5,7-8H2,1H3. The molecule has 2 nitrogen and oxygen atoms in total. The molecule has 0 aliphatic carbocycles. The second kappa shape index (κ2) is 7.35. The van der Waals surface area contributed by atoms with Crippen molar-refractivity contribution in [3.63, 3.8) is 0 Å². The van der Waals surface area contributed by atoms with Gasteiger partial charge in [0, 0.05) is 6.61 Å². The molecule has 0 radical (unpaired) electrons. The molecule has 11 heavy (non-hydrogen) atoms. The molecular weight excluding hydrogens is 140 g/mol. The number of rotatable bonds is 6. The monoisotopic (exact) mass is 156 g/mol. The summed E-state index contributed by atoms with van der Waals surface area (Å²) >= 11 is 0. The molecule has 0 saturated heterocycles. The maximum absolute atomic E-state index is 8.90. The molecule has 0 aliphatic heterocycles. The summed E-state index contributed by atoms with van der Waals surface area (Å²) in [6, 6.07) is 0. The van der Waals surface area contributed by atoms with Gasteiger partial charge in [-0.2, -0.15) is 0 Å². The molecule has 0 bridgehead atoms. The van der Waals surface area contributed by atoms with Crippen molar-refractivity contribution in [1.82, 2.24) is 0 Å². The molecule has 0 spiro atoms. The van der Waals surface area contributed by atoms with Gasteiger partial charge < -0.3 is 9.84 Å². The Bertz CT molecular complexity index is 128. The van der Waals surface area contributed by atoms with E-state index < -0.39 is 0 Å². The first-order valence-electron chi connectivity index (χ1n) is 3.90. The Morgan fingerprint density at radius 3 is 2.82 bits per heavy atom. The van der Waals surface area contributed by atoms with Gasteiger partial charge in [0.15, 0.2) is 0 Å². The van der Waals surface area contributed by atoms with E-state index in [-0.39, 0.29) is 5.76 Å². The lowest BCUT2D eigenvalue weighted by Gasteiger charge is -1.97. The van der Waals surface area contributed by atoms with Crippen molar-refractivity contribution in [3.8, 4) is 0 Å². The van der Waals surface area contributed by atoms with Gasteiger partial charge in [0.05, 0.1) is 6.61 Å². The number of ether oxygens (including phenoxy) is 1. The van der Waals surface area contributed by atoms with Crippen LogP contribution in [0.15, 0.2) is 24.5 Å². The van der Waals surface area contributed by atoms with Gasteiger partial charge in [0.1, 0.15) is 5.76 Å². The van der Waals surface area contributed by atoms with E-state index >= 15 is 0 Å². The molecule has 0 aromatic heterocycles. The van der Waals surface area contributed by atoms with Crippen LogP contribution in [0.3, 0.4) is 0 Å². The maximum Gasteiger partial charge on any atom is 0.111 e. The lowest BCUT2D eigenvalue weighted by molar-refractivity contribution is 0.139. The van der Waals surface area contributed by atoms with Crippen LogP contribution in [0.25, 0.3) is 0 Å². The first-order valence-corrected chi connectivity index (χ1v) is 3.90. The van der Waals surface area contributed by atoms with Crippen LogP contribution in [0.4, 0.5) is 0 Å². The highest BCUT2D eigenvalue weighted by molar-refractivity contribution is 5.05. The van der Waals surface area contributed by atoms with Gasteiger partial charge in [-0.3, -0.25) is 0 Å². The van der Waals surface area contributed by atoms with Gasteiger partial charge in [-0.15, -0.1) is 0 Å². The maximum atomic E-state index is 8.90. The van der Waals surface area contributed by atoms with Gasteiger partial charge in [0.2, 0.25) is 0 Å². The van der Waals surface area contributed by atoms with Crippen molar-refractivity contribution in [3.05, 3.63) is 24.5 Å². The van der Waals surface area contributed by atoms with E-state index in [1.54, 1.807) is 6.08 Å². The Balaban J connectivity index is 3.19. The quantitative estimate of drug-likeness (QED) is 0.363. The highest BCUT2D eigenvalue weighted by Crippen LogP contribution is 1.93. The lowest BCUT2D eigenvalue weighted by Crippen LogP contribution is -1.93. The largest absolute Gasteiger partial charge is 0.508 e. The highest BCUT2D eigenvalue weighted by Gasteiger charge is 1.85. The Morgan fingerprint density at radius 1 is 1.55 bits per heavy atom. The van der Waals surface area contributed by atoms with Gasteiger partial charge in [-0.05, 0) is 25.0 Å². The summed E-state index contributed by atoms with van der Waals surface area (Å²) in [6.45, 7) is 6.95. The Kier molecular flexibility index (Phi) is 6.84. The van der Waals surface area contributed by atoms with Crippen LogP contribution in [-0.2, 0) is 4.74 Å². The number of aliphatic hydroxyl groups is 1. The van der Waals surface area contributed by atoms with Crippen LogP contribution in [0.1, 0.15) is 19.8 Å². The molecule has 0 aliphatic rings. The molecule has 0 aromatic rings. The molecule has 2 heteroatoms. The van der Waals surface area contributed by atoms with Crippen LogP contribution in [0, 0.1) is 0 Å². The van der Waals surface area contributed by atoms with Crippen molar-refractivity contribution in [2.45, 2.75) is 19.8 Å². The average molecular weight is 156 g/mol. The first-order chi connectivity index (χ1) is 5.31. The summed E-state index contributed by atoms with van der Waals surface area (Å²) in [6.07, 6.45) is 4.90. The molecule has 0 aromatic carbocycles. The number of hydrogen-bond acceptors (Lipinski definition) is 2. The second-order valence-electron chi connectivity index (χ2n) is 2.23. The summed E-state index contributed by atoms with van der Waals surface area (Å²) in [4.78, 5) is 0. The molecule has 0 fully saturated rings. The first kappa shape index (κ1) is 10.2. The summed E-state index contributed by atoms with van der Waals surface area (Å²) in [5, 5.41) is 8.90. The Morgan fingerprint density at radius 2 is 2.27 bits per heavy atom. The third-order valence-electron chi connectivity index (χ3n) is 1.17. The lowest BCUT2D eigenvalue weighted by atomic mass is 10.3. The molecule has 0 unspecified atom stereocenters. The van der Waals surface area contributed by atoms with Crippen LogP contribution in [0.2, 0.25) is 0 Å². The van der Waals surface area contributed by atoms with E-state index in [0.717, 1.165) is 19.4 Å². The van der Waals surface area contributed by atoms with Gasteiger partial charge >= 0.3 is 0 Å². The molecule has 0 heterocycles. The van der Waals surface area contributed by atoms with Crippen molar-refractivity contribution in [2.24, 2.45) is 0 Å². The number of aliphatic hydroxyl groups excluding tert-OH is 1. The number of allylic oxidation sites excluding steroid dienone is 1. The van der Waals surface area contributed by atoms with Gasteiger partial charge in [-0.1, -0.05) is 13.5 Å². The smallest absolute Gasteiger partial charge is 0.111 e. The molecule has 0 amide bonds. The zero-order chi connectivity index (χ0) is 8.53. The molecular formula is C9H16O2. The van der Waals surface area contributed by atoms with Crippen LogP contribution >= 0.6 is 0 Å². The summed E-state index contributed by atoms with van der Waals surface area (Å²) < 4.78 is 5.19. The highest BCUT2D eigenvalue weighted by atomic mass is 16.5. The van der Waals surface area contributed by atoms with E-state index in [1.165, 1.54) is 6.08 Å². The fourth-order valence-corrected chi connectivity index (χ4v) is 0.620. The molecule has 0 rings (SSSR count). The molecule has 0 saturated carbocycles. The van der Waals surface area contributed by atoms with E-state index in [4.69, 9.17) is 9.84 Å². The van der Waals surface area contributed by atoms with E-state index in [0.29, 0.717) is 6.61 Å². The fraction of sp³-hybridized carbons (Fsp3) is 0.556. The SMILES string of the molecule is C=CC(O)=CCCOCCC. The topological polar surface area (TPSA) is 29.5 Å². The van der Waals surface area contributed by atoms with Crippen molar-refractivity contribution < 1.29 is 9.84 Å². The normalized spacial score (nSPS) is 11.5. The predicted octanol–water partition coefficient (Wildman–Crippen LogP) is 2.43. The summed E-state index contributed by atoms with van der Waals surface area (Å²) in [5.74, 6) is 0.227. The third-order valence-corrected chi connectivity index (χ3v) is 1.17. The summed E-state index contributed by atoms with van der Waals surface area (Å²) in [5.41, 5.74) is 0. The zero-order valence-electron chi connectivity index (χ0n) is 7.05. The zero-order valence-corrected chi connectivity index (χ0v) is 7.05. The van der Waals surface area contributed by atoms with E-state index in [1.807, 2.05) is 0 Å². The molecule has 1 N–H and O–H groups in total. The van der Waals surface area contributed by atoms with Gasteiger partial charge in [0.25, 0.3) is 0 Å². The minimum Gasteiger partial charge on any atom is -0.508 e. The minimum atomic E-state index is 0.227. The van der Waals surface area contributed by atoms with Crippen LogP contribution in [0.5, 0.6) is 0 Å². The second-order valence-corrected chi connectivity index (χ2v) is 2.23. The van der Waals surface area contributed by atoms with Gasteiger partial charge in [-0.25, -0.2) is 0 Å². The van der Waals surface area contributed by atoms with Crippen molar-refractivity contribution >= 4 is 0 Å². The van der Waals surface area contributed by atoms with Crippen LogP contribution < -0.4 is 0 Å². The van der Waals surface area contributed by atoms with Crippen molar-refractivity contribution in [2.75, 3.05) is 13.2 Å². The Hall–Kier alpha value is -0.760. The molecule has 0 atom stereocenters.